The van der Waals surface area contributed by atoms with Gasteiger partial charge in [-0.2, -0.15) is 0 Å². The Labute approximate surface area is 161 Å². The summed E-state index contributed by atoms with van der Waals surface area (Å²) < 4.78 is 37.2. The molecule has 0 saturated heterocycles. The summed E-state index contributed by atoms with van der Waals surface area (Å²) in [6, 6.07) is 1.85. The highest BCUT2D eigenvalue weighted by molar-refractivity contribution is 7.90. The van der Waals surface area contributed by atoms with Gasteiger partial charge in [-0.3, -0.25) is 4.57 Å². The molecule has 0 saturated carbocycles. The van der Waals surface area contributed by atoms with Gasteiger partial charge >= 0.3 is 13.6 Å². The van der Waals surface area contributed by atoms with Crippen molar-refractivity contribution in [3.63, 3.8) is 0 Å². The van der Waals surface area contributed by atoms with E-state index in [1.54, 1.807) is 6.07 Å². The third-order valence-corrected chi connectivity index (χ3v) is 6.18. The van der Waals surface area contributed by atoms with Gasteiger partial charge in [0, 0.05) is 0 Å². The minimum absolute atomic E-state index is 0.0629. The molecule has 10 heteroatoms. The number of sulfonamides is 1. The van der Waals surface area contributed by atoms with E-state index in [4.69, 9.17) is 0 Å². The standard InChI is InChI=1S/C17H29N2O6PS/c1-8-27(24,25)19-15(20)18-14-12(26(21,22)23)10-9-11(16(2,3)4)13(14)17(5,6)7/h9-10H,8H2,1-7H3,(H2,18,19,20)(H2,21,22,23). The predicted molar refractivity (Wildman–Crippen MR) is 107 cm³/mol. The zero-order valence-corrected chi connectivity index (χ0v) is 18.5. The Kier molecular flexibility index (Phi) is 6.60. The second-order valence-corrected chi connectivity index (χ2v) is 12.0. The van der Waals surface area contributed by atoms with E-state index in [1.807, 2.05) is 46.3 Å². The maximum Gasteiger partial charge on any atom is 0.358 e. The van der Waals surface area contributed by atoms with Crippen molar-refractivity contribution in [3.05, 3.63) is 23.3 Å². The molecule has 4 N–H and O–H groups in total. The lowest BCUT2D eigenvalue weighted by atomic mass is 9.74. The second-order valence-electron chi connectivity index (χ2n) is 8.39. The Balaban J connectivity index is 3.76. The summed E-state index contributed by atoms with van der Waals surface area (Å²) in [5.41, 5.74) is 0.311. The van der Waals surface area contributed by atoms with E-state index in [2.05, 4.69) is 5.32 Å². The maximum absolute atomic E-state index is 12.3. The van der Waals surface area contributed by atoms with Gasteiger partial charge in [0.05, 0.1) is 16.7 Å². The van der Waals surface area contributed by atoms with E-state index in [-0.39, 0.29) is 22.2 Å². The maximum atomic E-state index is 12.3. The Morgan fingerprint density at radius 2 is 1.59 bits per heavy atom. The third kappa shape index (κ3) is 6.04. The summed E-state index contributed by atoms with van der Waals surface area (Å²) in [6.07, 6.45) is 0. The van der Waals surface area contributed by atoms with E-state index < -0.39 is 29.1 Å². The van der Waals surface area contributed by atoms with Gasteiger partial charge in [-0.25, -0.2) is 17.9 Å². The fourth-order valence-electron chi connectivity index (χ4n) is 2.72. The van der Waals surface area contributed by atoms with E-state index >= 15 is 0 Å². The van der Waals surface area contributed by atoms with Crippen molar-refractivity contribution in [3.8, 4) is 0 Å². The smallest absolute Gasteiger partial charge is 0.321 e. The van der Waals surface area contributed by atoms with Crippen LogP contribution < -0.4 is 15.3 Å². The van der Waals surface area contributed by atoms with Gasteiger partial charge in [0.25, 0.3) is 0 Å². The summed E-state index contributed by atoms with van der Waals surface area (Å²) >= 11 is 0. The number of hydrogen-bond acceptors (Lipinski definition) is 4. The lowest BCUT2D eigenvalue weighted by Crippen LogP contribution is -2.38. The Morgan fingerprint density at radius 3 is 1.96 bits per heavy atom. The van der Waals surface area contributed by atoms with Gasteiger partial charge in [0.1, 0.15) is 0 Å². The van der Waals surface area contributed by atoms with Crippen LogP contribution in [0, 0.1) is 0 Å². The highest BCUT2D eigenvalue weighted by atomic mass is 32.2. The molecule has 0 aliphatic rings. The Bertz CT molecular complexity index is 876. The summed E-state index contributed by atoms with van der Waals surface area (Å²) in [6.45, 7) is 12.8. The quantitative estimate of drug-likeness (QED) is 0.553. The monoisotopic (exact) mass is 420 g/mol. The van der Waals surface area contributed by atoms with Crippen LogP contribution in [0.1, 0.15) is 59.6 Å². The molecule has 154 valence electrons. The van der Waals surface area contributed by atoms with Crippen molar-refractivity contribution in [2.75, 3.05) is 11.1 Å². The molecule has 0 bridgehead atoms. The van der Waals surface area contributed by atoms with Crippen molar-refractivity contribution in [1.29, 1.82) is 0 Å². The number of nitrogens with one attached hydrogen (secondary N) is 2. The van der Waals surface area contributed by atoms with Crippen LogP contribution >= 0.6 is 7.60 Å². The van der Waals surface area contributed by atoms with Crippen LogP contribution in [0.2, 0.25) is 0 Å². The van der Waals surface area contributed by atoms with Crippen LogP contribution in [0.4, 0.5) is 10.5 Å². The molecule has 0 atom stereocenters. The number of urea groups is 1. The second kappa shape index (κ2) is 7.54. The minimum Gasteiger partial charge on any atom is -0.321 e. The number of carbonyl (C=O) groups is 1. The average Bonchev–Trinajstić information content (AvgIpc) is 2.42. The van der Waals surface area contributed by atoms with E-state index in [9.17, 15) is 27.6 Å². The zero-order valence-electron chi connectivity index (χ0n) is 16.7. The molecule has 27 heavy (non-hydrogen) atoms. The number of carbonyl (C=O) groups excluding carboxylic acids is 1. The molecule has 2 amide bonds. The number of anilines is 1. The summed E-state index contributed by atoms with van der Waals surface area (Å²) in [4.78, 5) is 31.8. The molecule has 1 aromatic carbocycles. The number of hydrogen-bond donors (Lipinski definition) is 4. The molecule has 0 spiro atoms. The lowest BCUT2D eigenvalue weighted by molar-refractivity contribution is 0.256. The van der Waals surface area contributed by atoms with Crippen molar-refractivity contribution in [1.82, 2.24) is 4.72 Å². The van der Waals surface area contributed by atoms with Crippen LogP contribution in [0.25, 0.3) is 0 Å². The van der Waals surface area contributed by atoms with Gasteiger partial charge in [-0.1, -0.05) is 47.6 Å². The highest BCUT2D eigenvalue weighted by Gasteiger charge is 2.34. The fraction of sp³-hybridized carbons (Fsp3) is 0.588. The van der Waals surface area contributed by atoms with E-state index in [0.29, 0.717) is 5.56 Å². The molecule has 1 rings (SSSR count). The number of benzene rings is 1. The van der Waals surface area contributed by atoms with Crippen LogP contribution in [0.15, 0.2) is 12.1 Å². The molecule has 0 fully saturated rings. The molecule has 0 unspecified atom stereocenters. The normalized spacial score (nSPS) is 13.4. The first-order valence-corrected chi connectivity index (χ1v) is 11.7. The third-order valence-electron chi connectivity index (χ3n) is 3.92. The largest absolute Gasteiger partial charge is 0.358 e. The Hall–Kier alpha value is -1.41. The highest BCUT2D eigenvalue weighted by Crippen LogP contribution is 2.44. The van der Waals surface area contributed by atoms with Gasteiger partial charge in [0.2, 0.25) is 10.0 Å². The topological polar surface area (TPSA) is 133 Å². The zero-order chi connectivity index (χ0) is 21.4. The van der Waals surface area contributed by atoms with Crippen LogP contribution in [0.3, 0.4) is 0 Å². The minimum atomic E-state index is -4.73. The van der Waals surface area contributed by atoms with Crippen LogP contribution in [0.5, 0.6) is 0 Å². The molecular formula is C17H29N2O6PS. The molecule has 0 aromatic heterocycles. The summed E-state index contributed by atoms with van der Waals surface area (Å²) in [7, 11) is -8.56. The molecule has 0 radical (unpaired) electrons. The molecule has 1 aromatic rings. The number of rotatable bonds is 4. The molecule has 0 aliphatic carbocycles. The van der Waals surface area contributed by atoms with Gasteiger partial charge in [0.15, 0.2) is 0 Å². The van der Waals surface area contributed by atoms with Gasteiger partial charge in [-0.15, -0.1) is 0 Å². The molecule has 0 aliphatic heterocycles. The first-order valence-electron chi connectivity index (χ1n) is 8.45. The first kappa shape index (κ1) is 23.6. The number of amides is 2. The van der Waals surface area contributed by atoms with Crippen molar-refractivity contribution in [2.45, 2.75) is 59.3 Å². The van der Waals surface area contributed by atoms with Crippen molar-refractivity contribution in [2.24, 2.45) is 0 Å². The summed E-state index contributed by atoms with van der Waals surface area (Å²) in [5, 5.41) is 2.02. The van der Waals surface area contributed by atoms with Crippen LogP contribution in [-0.4, -0.2) is 30.0 Å². The predicted octanol–water partition coefficient (Wildman–Crippen LogP) is 2.56. The van der Waals surface area contributed by atoms with E-state index in [0.717, 1.165) is 5.56 Å². The molecule has 0 heterocycles. The first-order chi connectivity index (χ1) is 11.9. The molecular weight excluding hydrogens is 391 g/mol. The van der Waals surface area contributed by atoms with Crippen molar-refractivity contribution < 1.29 is 27.6 Å². The fourth-order valence-corrected chi connectivity index (χ4v) is 3.92. The van der Waals surface area contributed by atoms with E-state index in [1.165, 1.54) is 13.0 Å². The van der Waals surface area contributed by atoms with Crippen LogP contribution in [-0.2, 0) is 25.4 Å². The Morgan fingerprint density at radius 1 is 1.07 bits per heavy atom. The SMILES string of the molecule is CCS(=O)(=O)NC(=O)Nc1c(P(=O)(O)O)ccc(C(C)(C)C)c1C(C)(C)C. The molecule has 8 nitrogen and oxygen atoms in total. The average molecular weight is 420 g/mol. The summed E-state index contributed by atoms with van der Waals surface area (Å²) in [5.74, 6) is -0.306. The van der Waals surface area contributed by atoms with Gasteiger partial charge < -0.3 is 15.1 Å². The van der Waals surface area contributed by atoms with Gasteiger partial charge in [-0.05, 0) is 34.9 Å². The van der Waals surface area contributed by atoms with Crippen molar-refractivity contribution >= 4 is 34.6 Å². The lowest BCUT2D eigenvalue weighted by Gasteiger charge is -2.33.